The Kier molecular flexibility index (Phi) is 5.82. The van der Waals surface area contributed by atoms with Gasteiger partial charge in [-0.15, -0.1) is 6.42 Å². The van der Waals surface area contributed by atoms with Gasteiger partial charge in [0.05, 0.1) is 18.2 Å². The summed E-state index contributed by atoms with van der Waals surface area (Å²) in [4.78, 5) is 2.02. The maximum Gasteiger partial charge on any atom is 0.138 e. The van der Waals surface area contributed by atoms with Crippen LogP contribution in [0.2, 0.25) is 5.02 Å². The van der Waals surface area contributed by atoms with E-state index in [1.807, 2.05) is 11.9 Å². The van der Waals surface area contributed by atoms with Crippen molar-refractivity contribution < 1.29 is 9.13 Å². The topological polar surface area (TPSA) is 12.5 Å². The molecule has 0 unspecified atom stereocenters. The molecule has 0 N–H and O–H groups in total. The largest absolute Gasteiger partial charge is 0.492 e. The fourth-order valence-corrected chi connectivity index (χ4v) is 1.57. The van der Waals surface area contributed by atoms with E-state index in [1.165, 1.54) is 18.2 Å². The van der Waals surface area contributed by atoms with Gasteiger partial charge in [0.15, 0.2) is 0 Å². The fourth-order valence-electron chi connectivity index (χ4n) is 1.34. The molecule has 0 aliphatic rings. The first kappa shape index (κ1) is 13.8. The van der Waals surface area contributed by atoms with Crippen molar-refractivity contribution in [1.82, 2.24) is 4.90 Å². The van der Waals surface area contributed by atoms with Crippen molar-refractivity contribution in [3.63, 3.8) is 0 Å². The summed E-state index contributed by atoms with van der Waals surface area (Å²) >= 11 is 5.82. The zero-order valence-corrected chi connectivity index (χ0v) is 10.5. The lowest BCUT2D eigenvalue weighted by atomic mass is 10.3. The summed E-state index contributed by atoms with van der Waals surface area (Å²) < 4.78 is 18.2. The third-order valence-corrected chi connectivity index (χ3v) is 2.49. The molecule has 0 aromatic heterocycles. The molecule has 92 valence electrons. The van der Waals surface area contributed by atoms with Crippen LogP contribution in [-0.4, -0.2) is 31.6 Å². The van der Waals surface area contributed by atoms with Gasteiger partial charge >= 0.3 is 0 Å². The van der Waals surface area contributed by atoms with Gasteiger partial charge in [0, 0.05) is 6.54 Å². The number of terminal acetylenes is 1. The highest BCUT2D eigenvalue weighted by Crippen LogP contribution is 2.24. The van der Waals surface area contributed by atoms with Crippen LogP contribution in [0.3, 0.4) is 0 Å². The fraction of sp³-hybridized carbons (Fsp3) is 0.385. The van der Waals surface area contributed by atoms with Crippen LogP contribution in [0.15, 0.2) is 18.2 Å². The Balaban J connectivity index is 2.29. The van der Waals surface area contributed by atoms with Crippen molar-refractivity contribution in [2.45, 2.75) is 6.42 Å². The highest BCUT2D eigenvalue weighted by Gasteiger charge is 2.03. The molecule has 0 saturated carbocycles. The van der Waals surface area contributed by atoms with Crippen molar-refractivity contribution in [2.75, 3.05) is 26.7 Å². The zero-order chi connectivity index (χ0) is 12.7. The Bertz CT molecular complexity index is 403. The van der Waals surface area contributed by atoms with Crippen molar-refractivity contribution in [2.24, 2.45) is 0 Å². The van der Waals surface area contributed by atoms with Crippen molar-refractivity contribution in [1.29, 1.82) is 0 Å². The minimum atomic E-state index is -0.365. The van der Waals surface area contributed by atoms with Gasteiger partial charge in [-0.1, -0.05) is 17.5 Å². The summed E-state index contributed by atoms with van der Waals surface area (Å²) in [6, 6.07) is 4.09. The van der Waals surface area contributed by atoms with Gasteiger partial charge < -0.3 is 4.74 Å². The number of nitrogens with zero attached hydrogens (tertiary/aromatic N) is 1. The molecule has 0 radical (unpaired) electrons. The monoisotopic (exact) mass is 255 g/mol. The molecule has 17 heavy (non-hydrogen) atoms. The van der Waals surface area contributed by atoms with Crippen LogP contribution < -0.4 is 4.74 Å². The van der Waals surface area contributed by atoms with E-state index < -0.39 is 0 Å². The first-order valence-corrected chi connectivity index (χ1v) is 5.71. The predicted molar refractivity (Wildman–Crippen MR) is 67.9 cm³/mol. The lowest BCUT2D eigenvalue weighted by Gasteiger charge is -2.13. The predicted octanol–water partition coefficient (Wildman–Crippen LogP) is 2.81. The third kappa shape index (κ3) is 5.08. The summed E-state index contributed by atoms with van der Waals surface area (Å²) in [5.74, 6) is 2.71. The standard InChI is InChI=1S/C13H15ClFNO/c1-3-7-16(2)8-4-9-17-13-6-5-11(15)10-12(13)14/h1,5-6,10H,4,7-9H2,2H3. The Morgan fingerprint density at radius 1 is 1.53 bits per heavy atom. The molecule has 0 saturated heterocycles. The van der Waals surface area contributed by atoms with E-state index >= 15 is 0 Å². The van der Waals surface area contributed by atoms with Crippen molar-refractivity contribution in [3.8, 4) is 18.1 Å². The number of benzene rings is 1. The molecule has 0 heterocycles. The smallest absolute Gasteiger partial charge is 0.138 e. The van der Waals surface area contributed by atoms with Crippen LogP contribution >= 0.6 is 11.6 Å². The van der Waals surface area contributed by atoms with Crippen LogP contribution in [0.1, 0.15) is 6.42 Å². The van der Waals surface area contributed by atoms with E-state index in [9.17, 15) is 4.39 Å². The second-order valence-electron chi connectivity index (χ2n) is 3.72. The van der Waals surface area contributed by atoms with Crippen LogP contribution in [0.4, 0.5) is 4.39 Å². The van der Waals surface area contributed by atoms with E-state index in [1.54, 1.807) is 0 Å². The maximum atomic E-state index is 12.8. The zero-order valence-electron chi connectivity index (χ0n) is 9.75. The second kappa shape index (κ2) is 7.16. The van der Waals surface area contributed by atoms with Gasteiger partial charge in [-0.3, -0.25) is 4.90 Å². The molecule has 0 atom stereocenters. The Hall–Kier alpha value is -1.24. The lowest BCUT2D eigenvalue weighted by molar-refractivity contribution is 0.274. The third-order valence-electron chi connectivity index (χ3n) is 2.20. The van der Waals surface area contributed by atoms with Gasteiger partial charge in [-0.05, 0) is 31.7 Å². The van der Waals surface area contributed by atoms with Crippen molar-refractivity contribution in [3.05, 3.63) is 29.0 Å². The molecule has 0 bridgehead atoms. The highest BCUT2D eigenvalue weighted by molar-refractivity contribution is 6.32. The van der Waals surface area contributed by atoms with Crippen LogP contribution in [0.5, 0.6) is 5.75 Å². The first-order valence-electron chi connectivity index (χ1n) is 5.33. The lowest BCUT2D eigenvalue weighted by Crippen LogP contribution is -2.21. The molecule has 2 nitrogen and oxygen atoms in total. The second-order valence-corrected chi connectivity index (χ2v) is 4.13. The van der Waals surface area contributed by atoms with Gasteiger partial charge in [0.2, 0.25) is 0 Å². The van der Waals surface area contributed by atoms with E-state index in [0.717, 1.165) is 13.0 Å². The van der Waals surface area contributed by atoms with Crippen LogP contribution in [0.25, 0.3) is 0 Å². The Morgan fingerprint density at radius 3 is 2.94 bits per heavy atom. The minimum absolute atomic E-state index is 0.293. The molecule has 0 amide bonds. The molecule has 0 aliphatic heterocycles. The van der Waals surface area contributed by atoms with Gasteiger partial charge in [-0.25, -0.2) is 4.39 Å². The van der Waals surface area contributed by atoms with Gasteiger partial charge in [-0.2, -0.15) is 0 Å². The van der Waals surface area contributed by atoms with E-state index in [4.69, 9.17) is 22.8 Å². The summed E-state index contributed by atoms with van der Waals surface area (Å²) in [5.41, 5.74) is 0. The summed E-state index contributed by atoms with van der Waals surface area (Å²) in [5, 5.41) is 0.293. The Morgan fingerprint density at radius 2 is 2.29 bits per heavy atom. The maximum absolute atomic E-state index is 12.8. The number of hydrogen-bond donors (Lipinski definition) is 0. The molecule has 0 fully saturated rings. The van der Waals surface area contributed by atoms with Crippen molar-refractivity contribution >= 4 is 11.6 Å². The minimum Gasteiger partial charge on any atom is -0.492 e. The van der Waals surface area contributed by atoms with Gasteiger partial charge in [0.25, 0.3) is 0 Å². The molecule has 1 aromatic rings. The molecule has 1 aromatic carbocycles. The molecule has 0 aliphatic carbocycles. The first-order chi connectivity index (χ1) is 8.13. The molecule has 4 heteroatoms. The average Bonchev–Trinajstić information content (AvgIpc) is 2.27. The summed E-state index contributed by atoms with van der Waals surface area (Å²) in [7, 11) is 1.95. The van der Waals surface area contributed by atoms with E-state index in [2.05, 4.69) is 5.92 Å². The molecule has 1 rings (SSSR count). The van der Waals surface area contributed by atoms with Crippen LogP contribution in [0, 0.1) is 18.2 Å². The highest BCUT2D eigenvalue weighted by atomic mass is 35.5. The molecule has 0 spiro atoms. The van der Waals surface area contributed by atoms with E-state index in [0.29, 0.717) is 23.9 Å². The van der Waals surface area contributed by atoms with E-state index in [-0.39, 0.29) is 5.82 Å². The SMILES string of the molecule is C#CCN(C)CCCOc1ccc(F)cc1Cl. The number of rotatable bonds is 6. The Labute approximate surface area is 106 Å². The average molecular weight is 256 g/mol. The molecular weight excluding hydrogens is 241 g/mol. The normalized spacial score (nSPS) is 10.3. The van der Waals surface area contributed by atoms with Gasteiger partial charge in [0.1, 0.15) is 11.6 Å². The number of ether oxygens (including phenoxy) is 1. The summed E-state index contributed by atoms with van der Waals surface area (Å²) in [6.07, 6.45) is 6.02. The number of halogens is 2. The van der Waals surface area contributed by atoms with Crippen LogP contribution in [-0.2, 0) is 0 Å². The summed E-state index contributed by atoms with van der Waals surface area (Å²) in [6.45, 7) is 2.00. The molecular formula is C13H15ClFNO. The quantitative estimate of drug-likeness (QED) is 0.573. The number of hydrogen-bond acceptors (Lipinski definition) is 2.